The van der Waals surface area contributed by atoms with Gasteiger partial charge in [-0.1, -0.05) is 43.7 Å². The lowest BCUT2D eigenvalue weighted by Crippen LogP contribution is -2.29. The van der Waals surface area contributed by atoms with Gasteiger partial charge in [-0.2, -0.15) is 5.26 Å². The van der Waals surface area contributed by atoms with Gasteiger partial charge in [-0.25, -0.2) is 0 Å². The molecule has 1 aromatic rings. The highest BCUT2D eigenvalue weighted by Gasteiger charge is 2.30. The molecule has 3 nitrogen and oxygen atoms in total. The lowest BCUT2D eigenvalue weighted by Gasteiger charge is -2.31. The van der Waals surface area contributed by atoms with Gasteiger partial charge in [0, 0.05) is 6.08 Å². The summed E-state index contributed by atoms with van der Waals surface area (Å²) in [6, 6.07) is 11.2. The SMILES string of the molecule is CCCc1ccc(C2CCC(OC(=O)C3CCC(CC/C=C/C#N)CC3)CC2)cc1. The number of ether oxygens (including phenoxy) is 1. The highest BCUT2D eigenvalue weighted by Crippen LogP contribution is 2.36. The average molecular weight is 408 g/mol. The molecule has 2 fully saturated rings. The maximum absolute atomic E-state index is 12.7. The molecule has 0 N–H and O–H groups in total. The summed E-state index contributed by atoms with van der Waals surface area (Å²) >= 11 is 0. The summed E-state index contributed by atoms with van der Waals surface area (Å²) in [5.41, 5.74) is 2.87. The third kappa shape index (κ3) is 6.73. The normalized spacial score (nSPS) is 26.9. The molecule has 0 aliphatic heterocycles. The van der Waals surface area contributed by atoms with Crippen LogP contribution in [-0.4, -0.2) is 12.1 Å². The van der Waals surface area contributed by atoms with Gasteiger partial charge in [-0.05, 0) is 93.6 Å². The second kappa shape index (κ2) is 11.9. The number of benzene rings is 1. The third-order valence-electron chi connectivity index (χ3n) is 7.06. The minimum absolute atomic E-state index is 0.0465. The van der Waals surface area contributed by atoms with E-state index in [1.165, 1.54) is 17.5 Å². The second-order valence-electron chi connectivity index (χ2n) is 9.23. The molecule has 0 heterocycles. The molecule has 3 heteroatoms. The molecule has 0 spiro atoms. The van der Waals surface area contributed by atoms with Crippen molar-refractivity contribution in [1.29, 1.82) is 5.26 Å². The molecule has 0 saturated heterocycles. The van der Waals surface area contributed by atoms with Crippen LogP contribution in [-0.2, 0) is 16.0 Å². The van der Waals surface area contributed by atoms with E-state index in [0.717, 1.165) is 70.6 Å². The first-order valence-corrected chi connectivity index (χ1v) is 12.0. The van der Waals surface area contributed by atoms with Crippen LogP contribution in [0.15, 0.2) is 36.4 Å². The molecule has 0 amide bonds. The number of hydrogen-bond donors (Lipinski definition) is 0. The van der Waals surface area contributed by atoms with Crippen LogP contribution in [0, 0.1) is 23.2 Å². The van der Waals surface area contributed by atoms with Crippen LogP contribution in [0.3, 0.4) is 0 Å². The summed E-state index contributed by atoms with van der Waals surface area (Å²) in [6.45, 7) is 2.22. The summed E-state index contributed by atoms with van der Waals surface area (Å²) in [7, 11) is 0. The Bertz CT molecular complexity index is 714. The molecule has 0 atom stereocenters. The van der Waals surface area contributed by atoms with Crippen LogP contribution in [0.2, 0.25) is 0 Å². The molecule has 2 saturated carbocycles. The van der Waals surface area contributed by atoms with Crippen molar-refractivity contribution in [3.63, 3.8) is 0 Å². The fourth-order valence-corrected chi connectivity index (χ4v) is 5.17. The zero-order valence-corrected chi connectivity index (χ0v) is 18.5. The van der Waals surface area contributed by atoms with E-state index in [1.54, 1.807) is 6.08 Å². The highest BCUT2D eigenvalue weighted by molar-refractivity contribution is 5.72. The Hall–Kier alpha value is -2.08. The molecule has 0 bridgehead atoms. The summed E-state index contributed by atoms with van der Waals surface area (Å²) in [4.78, 5) is 12.7. The van der Waals surface area contributed by atoms with E-state index in [0.29, 0.717) is 11.8 Å². The molecule has 1 aromatic carbocycles. The Labute approximate surface area is 182 Å². The number of hydrogen-bond acceptors (Lipinski definition) is 3. The topological polar surface area (TPSA) is 50.1 Å². The predicted octanol–water partition coefficient (Wildman–Crippen LogP) is 6.87. The van der Waals surface area contributed by atoms with Crippen LogP contribution in [0.1, 0.15) is 94.6 Å². The number of rotatable bonds is 8. The van der Waals surface area contributed by atoms with Gasteiger partial charge in [0.1, 0.15) is 6.10 Å². The fraction of sp³-hybridized carbons (Fsp3) is 0.630. The lowest BCUT2D eigenvalue weighted by atomic mass is 9.79. The number of allylic oxidation sites excluding steroid dienone is 2. The summed E-state index contributed by atoms with van der Waals surface area (Å²) in [6.07, 6.45) is 16.5. The Kier molecular flexibility index (Phi) is 9.00. The first-order valence-electron chi connectivity index (χ1n) is 12.0. The maximum atomic E-state index is 12.7. The number of carbonyl (C=O) groups excluding carboxylic acids is 1. The van der Waals surface area contributed by atoms with Gasteiger partial charge in [-0.3, -0.25) is 4.79 Å². The standard InChI is InChI=1S/C27H37NO2/c1-2-6-21-8-12-23(13-9-21)24-16-18-26(19-17-24)30-27(29)25-14-10-22(11-15-25)7-4-3-5-20-28/h3,5,8-9,12-13,22,24-26H,2,4,6-7,10-11,14-19H2,1H3/b5-3+. The molecular formula is C27H37NO2. The zero-order chi connectivity index (χ0) is 21.2. The van der Waals surface area contributed by atoms with E-state index in [4.69, 9.17) is 10.00 Å². The van der Waals surface area contributed by atoms with Gasteiger partial charge >= 0.3 is 5.97 Å². The van der Waals surface area contributed by atoms with Crippen LogP contribution < -0.4 is 0 Å². The molecule has 30 heavy (non-hydrogen) atoms. The molecule has 2 aliphatic carbocycles. The van der Waals surface area contributed by atoms with Crippen molar-refractivity contribution in [3.8, 4) is 6.07 Å². The summed E-state index contributed by atoms with van der Waals surface area (Å²) in [5, 5.41) is 8.55. The molecule has 0 radical (unpaired) electrons. The van der Waals surface area contributed by atoms with Gasteiger partial charge in [0.2, 0.25) is 0 Å². The van der Waals surface area contributed by atoms with Gasteiger partial charge in [0.05, 0.1) is 12.0 Å². The predicted molar refractivity (Wildman–Crippen MR) is 121 cm³/mol. The van der Waals surface area contributed by atoms with Crippen molar-refractivity contribution >= 4 is 5.97 Å². The van der Waals surface area contributed by atoms with E-state index in [9.17, 15) is 4.79 Å². The Morgan fingerprint density at radius 1 is 1.07 bits per heavy atom. The summed E-state index contributed by atoms with van der Waals surface area (Å²) in [5.74, 6) is 1.45. The van der Waals surface area contributed by atoms with Crippen molar-refractivity contribution in [2.45, 2.75) is 96.0 Å². The number of nitrogens with zero attached hydrogens (tertiary/aromatic N) is 1. The molecule has 162 valence electrons. The fourth-order valence-electron chi connectivity index (χ4n) is 5.17. The van der Waals surface area contributed by atoms with Crippen LogP contribution in [0.25, 0.3) is 0 Å². The molecule has 2 aliphatic rings. The van der Waals surface area contributed by atoms with E-state index in [1.807, 2.05) is 12.1 Å². The van der Waals surface area contributed by atoms with Crippen molar-refractivity contribution in [2.75, 3.05) is 0 Å². The Morgan fingerprint density at radius 3 is 2.40 bits per heavy atom. The Balaban J connectivity index is 1.36. The minimum Gasteiger partial charge on any atom is -0.462 e. The van der Waals surface area contributed by atoms with E-state index < -0.39 is 0 Å². The van der Waals surface area contributed by atoms with Crippen LogP contribution >= 0.6 is 0 Å². The molecular weight excluding hydrogens is 370 g/mol. The van der Waals surface area contributed by atoms with Gasteiger partial charge in [0.25, 0.3) is 0 Å². The average Bonchev–Trinajstić information content (AvgIpc) is 2.78. The van der Waals surface area contributed by atoms with E-state index in [2.05, 4.69) is 31.2 Å². The molecule has 0 aromatic heterocycles. The van der Waals surface area contributed by atoms with Gasteiger partial charge in [-0.15, -0.1) is 0 Å². The monoisotopic (exact) mass is 407 g/mol. The number of aryl methyl sites for hydroxylation is 1. The maximum Gasteiger partial charge on any atom is 0.309 e. The minimum atomic E-state index is 0.0465. The van der Waals surface area contributed by atoms with Gasteiger partial charge in [0.15, 0.2) is 0 Å². The van der Waals surface area contributed by atoms with Crippen LogP contribution in [0.4, 0.5) is 0 Å². The Morgan fingerprint density at radius 2 is 1.77 bits per heavy atom. The van der Waals surface area contributed by atoms with E-state index in [-0.39, 0.29) is 18.0 Å². The summed E-state index contributed by atoms with van der Waals surface area (Å²) < 4.78 is 5.93. The quantitative estimate of drug-likeness (QED) is 0.349. The zero-order valence-electron chi connectivity index (χ0n) is 18.5. The van der Waals surface area contributed by atoms with Crippen molar-refractivity contribution < 1.29 is 9.53 Å². The largest absolute Gasteiger partial charge is 0.462 e. The third-order valence-corrected chi connectivity index (χ3v) is 7.06. The van der Waals surface area contributed by atoms with Crippen molar-refractivity contribution in [2.24, 2.45) is 11.8 Å². The van der Waals surface area contributed by atoms with Crippen LogP contribution in [0.5, 0.6) is 0 Å². The van der Waals surface area contributed by atoms with E-state index >= 15 is 0 Å². The molecule has 3 rings (SSSR count). The molecule has 0 unspecified atom stereocenters. The van der Waals surface area contributed by atoms with Gasteiger partial charge < -0.3 is 4.74 Å². The first-order chi connectivity index (χ1) is 14.7. The number of esters is 1. The lowest BCUT2D eigenvalue weighted by molar-refractivity contribution is -0.157. The second-order valence-corrected chi connectivity index (χ2v) is 9.23. The smallest absolute Gasteiger partial charge is 0.309 e. The first kappa shape index (κ1) is 22.6. The van der Waals surface area contributed by atoms with Crippen molar-refractivity contribution in [1.82, 2.24) is 0 Å². The number of nitriles is 1. The highest BCUT2D eigenvalue weighted by atomic mass is 16.5. The number of carbonyl (C=O) groups is 1. The van der Waals surface area contributed by atoms with Crippen molar-refractivity contribution in [3.05, 3.63) is 47.5 Å².